The summed E-state index contributed by atoms with van der Waals surface area (Å²) in [5.74, 6) is 1.55. The summed E-state index contributed by atoms with van der Waals surface area (Å²) in [4.78, 5) is 5.54. The van der Waals surface area contributed by atoms with E-state index in [2.05, 4.69) is 227 Å². The Balaban J connectivity index is 1.30. The Labute approximate surface area is 412 Å². The van der Waals surface area contributed by atoms with Crippen molar-refractivity contribution >= 4 is 61.1 Å². The molecule has 5 aromatic carbocycles. The monoisotopic (exact) mass is 911 g/mol. The molecular formula is C64H71BN2S. The van der Waals surface area contributed by atoms with Crippen molar-refractivity contribution in [2.24, 2.45) is 28.6 Å². The summed E-state index contributed by atoms with van der Waals surface area (Å²) >= 11 is 2.05. The highest BCUT2D eigenvalue weighted by Crippen LogP contribution is 2.60. The summed E-state index contributed by atoms with van der Waals surface area (Å²) < 4.78 is 2.86. The van der Waals surface area contributed by atoms with Crippen LogP contribution in [-0.4, -0.2) is 6.71 Å². The average Bonchev–Trinajstić information content (AvgIpc) is 3.68. The molecule has 2 aliphatic heterocycles. The Morgan fingerprint density at radius 1 is 0.706 bits per heavy atom. The van der Waals surface area contributed by atoms with E-state index in [1.165, 1.54) is 112 Å². The number of thiophene rings is 1. The number of fused-ring (bicyclic) bond motifs is 6. The van der Waals surface area contributed by atoms with Crippen LogP contribution >= 0.6 is 11.3 Å². The second-order valence-electron chi connectivity index (χ2n) is 24.8. The highest BCUT2D eigenvalue weighted by Gasteiger charge is 2.52. The van der Waals surface area contributed by atoms with Crippen LogP contribution in [0.15, 0.2) is 150 Å². The molecule has 0 saturated heterocycles. The minimum absolute atomic E-state index is 0.0251. The topological polar surface area (TPSA) is 6.48 Å². The van der Waals surface area contributed by atoms with Gasteiger partial charge in [0.1, 0.15) is 0 Å². The van der Waals surface area contributed by atoms with Gasteiger partial charge in [-0.3, -0.25) is 0 Å². The molecule has 1 fully saturated rings. The third-order valence-electron chi connectivity index (χ3n) is 16.8. The molecule has 1 saturated carbocycles. The molecular weight excluding hydrogens is 840 g/mol. The van der Waals surface area contributed by atoms with E-state index < -0.39 is 0 Å². The molecule has 3 heterocycles. The Kier molecular flexibility index (Phi) is 10.5. The van der Waals surface area contributed by atoms with Crippen molar-refractivity contribution in [2.75, 3.05) is 9.80 Å². The first-order chi connectivity index (χ1) is 32.2. The third-order valence-corrected chi connectivity index (χ3v) is 18.0. The lowest BCUT2D eigenvalue weighted by molar-refractivity contribution is 0.121. The molecule has 2 atom stereocenters. The first kappa shape index (κ1) is 45.1. The van der Waals surface area contributed by atoms with Gasteiger partial charge in [0.15, 0.2) is 0 Å². The quantitative estimate of drug-likeness (QED) is 0.159. The third kappa shape index (κ3) is 7.25. The highest BCUT2D eigenvalue weighted by molar-refractivity contribution is 7.33. The van der Waals surface area contributed by atoms with Crippen LogP contribution in [0.4, 0.5) is 22.7 Å². The van der Waals surface area contributed by atoms with Crippen LogP contribution in [0.5, 0.6) is 0 Å². The van der Waals surface area contributed by atoms with Crippen LogP contribution in [0.1, 0.15) is 125 Å². The van der Waals surface area contributed by atoms with Gasteiger partial charge in [-0.15, -0.1) is 11.3 Å². The molecule has 68 heavy (non-hydrogen) atoms. The fourth-order valence-electron chi connectivity index (χ4n) is 12.5. The number of rotatable bonds is 5. The highest BCUT2D eigenvalue weighted by atomic mass is 32.1. The minimum Gasteiger partial charge on any atom is -0.314 e. The molecule has 0 radical (unpaired) electrons. The maximum atomic E-state index is 2.83. The SMILES string of the molecule is Cc1cc2c3c(c1)N(C1=CCC(C(C)C)C=C1)c1c(sc4ccc(C(C)(C)C)cc14)B3C1=C(CC3C(=C1)C(C)(C)CCC3(C)C)N2c1c(-c2ccccc2)cc(C(C)(C)C)cc1-c1ccccc1. The van der Waals surface area contributed by atoms with Crippen LogP contribution < -0.4 is 20.0 Å². The van der Waals surface area contributed by atoms with Crippen molar-refractivity contribution in [3.05, 3.63) is 167 Å². The Hall–Kier alpha value is -5.32. The fourth-order valence-corrected chi connectivity index (χ4v) is 13.8. The maximum absolute atomic E-state index is 2.83. The summed E-state index contributed by atoms with van der Waals surface area (Å²) in [6, 6.07) is 40.1. The second kappa shape index (κ2) is 15.9. The van der Waals surface area contributed by atoms with Crippen LogP contribution in [-0.2, 0) is 10.8 Å². The van der Waals surface area contributed by atoms with E-state index in [4.69, 9.17) is 0 Å². The van der Waals surface area contributed by atoms with Crippen LogP contribution in [0.25, 0.3) is 32.3 Å². The molecule has 0 bridgehead atoms. The largest absolute Gasteiger partial charge is 0.314 e. The summed E-state index contributed by atoms with van der Waals surface area (Å²) in [6.45, 7) is 31.6. The van der Waals surface area contributed by atoms with Gasteiger partial charge in [0.25, 0.3) is 6.71 Å². The van der Waals surface area contributed by atoms with Gasteiger partial charge in [-0.05, 0) is 153 Å². The van der Waals surface area contributed by atoms with Crippen LogP contribution in [0.3, 0.4) is 0 Å². The minimum atomic E-state index is -0.0631. The van der Waals surface area contributed by atoms with E-state index in [1.807, 2.05) is 11.3 Å². The average molecular weight is 911 g/mol. The summed E-state index contributed by atoms with van der Waals surface area (Å²) in [5.41, 5.74) is 22.0. The molecule has 5 aliphatic rings. The summed E-state index contributed by atoms with van der Waals surface area (Å²) in [5, 5.41) is 1.38. The van der Waals surface area contributed by atoms with Gasteiger partial charge in [-0.2, -0.15) is 0 Å². The molecule has 0 amide bonds. The number of benzene rings is 5. The number of nitrogens with zero attached hydrogens (tertiary/aromatic N) is 2. The van der Waals surface area contributed by atoms with Gasteiger partial charge in [0.05, 0.1) is 11.4 Å². The van der Waals surface area contributed by atoms with Gasteiger partial charge in [0.2, 0.25) is 0 Å². The summed E-state index contributed by atoms with van der Waals surface area (Å²) in [7, 11) is 0. The Morgan fingerprint density at radius 2 is 1.32 bits per heavy atom. The number of allylic oxidation sites excluding steroid dienone is 7. The van der Waals surface area contributed by atoms with E-state index in [9.17, 15) is 0 Å². The van der Waals surface area contributed by atoms with Gasteiger partial charge in [-0.1, -0.05) is 174 Å². The van der Waals surface area contributed by atoms with Crippen molar-refractivity contribution in [2.45, 2.75) is 127 Å². The zero-order valence-corrected chi connectivity index (χ0v) is 43.9. The Bertz CT molecular complexity index is 3080. The van der Waals surface area contributed by atoms with Crippen molar-refractivity contribution < 1.29 is 0 Å². The molecule has 0 spiro atoms. The molecule has 0 N–H and O–H groups in total. The smallest absolute Gasteiger partial charge is 0.264 e. The molecule has 6 aromatic rings. The van der Waals surface area contributed by atoms with Gasteiger partial charge in [0, 0.05) is 48.8 Å². The lowest BCUT2D eigenvalue weighted by Gasteiger charge is -2.54. The standard InChI is InChI=1S/C64H71BN2S/c1-39(2)41-24-27-46(28-25-41)66-54-32-40(3)33-55-57(54)65(60-59(66)49-34-44(61(4,5)6)26-29-56(49)68-60)52-37-50-51(64(12,13)31-30-63(50,10)11)38-53(52)67(55)58-47(42-20-16-14-17-21-42)35-45(62(7,8)9)36-48(58)43-22-18-15-19-23-43/h14-24,26-29,32-37,39,41,51H,25,30-31,38H2,1-13H3. The van der Waals surface area contributed by atoms with E-state index in [0.29, 0.717) is 17.8 Å². The van der Waals surface area contributed by atoms with Crippen molar-refractivity contribution in [3.63, 3.8) is 0 Å². The molecule has 346 valence electrons. The molecule has 2 nitrogen and oxygen atoms in total. The number of anilines is 4. The first-order valence-electron chi connectivity index (χ1n) is 25.7. The number of hydrogen-bond acceptors (Lipinski definition) is 3. The second-order valence-corrected chi connectivity index (χ2v) is 25.8. The van der Waals surface area contributed by atoms with Gasteiger partial charge < -0.3 is 9.80 Å². The van der Waals surface area contributed by atoms with E-state index >= 15 is 0 Å². The predicted octanol–water partition coefficient (Wildman–Crippen LogP) is 17.1. The maximum Gasteiger partial charge on any atom is 0.264 e. The molecule has 2 unspecified atom stereocenters. The predicted molar refractivity (Wildman–Crippen MR) is 297 cm³/mol. The molecule has 4 heteroatoms. The van der Waals surface area contributed by atoms with Crippen LogP contribution in [0, 0.1) is 35.5 Å². The zero-order valence-electron chi connectivity index (χ0n) is 43.1. The lowest BCUT2D eigenvalue weighted by Crippen LogP contribution is -2.56. The summed E-state index contributed by atoms with van der Waals surface area (Å²) in [6.07, 6.45) is 14.8. The molecule has 1 aromatic heterocycles. The fraction of sp³-hybridized carbons (Fsp3) is 0.375. The van der Waals surface area contributed by atoms with E-state index in [-0.39, 0.29) is 28.4 Å². The van der Waals surface area contributed by atoms with Crippen molar-refractivity contribution in [1.82, 2.24) is 0 Å². The van der Waals surface area contributed by atoms with Crippen molar-refractivity contribution in [1.29, 1.82) is 0 Å². The molecule has 3 aliphatic carbocycles. The van der Waals surface area contributed by atoms with E-state index in [1.54, 1.807) is 5.57 Å². The first-order valence-corrected chi connectivity index (χ1v) is 26.5. The van der Waals surface area contributed by atoms with E-state index in [0.717, 1.165) is 12.8 Å². The normalized spacial score (nSPS) is 20.5. The number of aryl methyl sites for hydroxylation is 1. The zero-order chi connectivity index (χ0) is 47.8. The molecule has 11 rings (SSSR count). The Morgan fingerprint density at radius 3 is 1.90 bits per heavy atom. The van der Waals surface area contributed by atoms with Gasteiger partial charge in [-0.25, -0.2) is 0 Å². The van der Waals surface area contributed by atoms with Crippen LogP contribution in [0.2, 0.25) is 0 Å². The van der Waals surface area contributed by atoms with Crippen molar-refractivity contribution in [3.8, 4) is 22.3 Å². The lowest BCUT2D eigenvalue weighted by atomic mass is 9.34. The number of hydrogen-bond donors (Lipinski definition) is 0. The van der Waals surface area contributed by atoms with Gasteiger partial charge >= 0.3 is 0 Å².